The SMILES string of the molecule is O=C(NCc1ccc2c(c1)OCO2)NC1CCCC(C(F)(F)F)C1. The summed E-state index contributed by atoms with van der Waals surface area (Å²) in [6.45, 7) is 0.437. The van der Waals surface area contributed by atoms with Gasteiger partial charge < -0.3 is 20.1 Å². The minimum atomic E-state index is -4.19. The first-order chi connectivity index (χ1) is 11.4. The van der Waals surface area contributed by atoms with Gasteiger partial charge in [0.05, 0.1) is 5.92 Å². The fraction of sp³-hybridized carbons (Fsp3) is 0.562. The van der Waals surface area contributed by atoms with Gasteiger partial charge in [-0.15, -0.1) is 0 Å². The van der Waals surface area contributed by atoms with E-state index in [1.54, 1.807) is 18.2 Å². The van der Waals surface area contributed by atoms with Crippen LogP contribution in [0.2, 0.25) is 0 Å². The van der Waals surface area contributed by atoms with E-state index in [1.807, 2.05) is 0 Å². The first-order valence-electron chi connectivity index (χ1n) is 7.91. The van der Waals surface area contributed by atoms with E-state index < -0.39 is 24.2 Å². The number of ether oxygens (including phenoxy) is 2. The molecule has 8 heteroatoms. The van der Waals surface area contributed by atoms with Crippen molar-refractivity contribution in [1.29, 1.82) is 0 Å². The fourth-order valence-electron chi connectivity index (χ4n) is 3.09. The summed E-state index contributed by atoms with van der Waals surface area (Å²) in [6, 6.07) is 4.42. The Balaban J connectivity index is 1.47. The Bertz CT molecular complexity index is 607. The Labute approximate surface area is 137 Å². The fourth-order valence-corrected chi connectivity index (χ4v) is 3.09. The smallest absolute Gasteiger partial charge is 0.391 e. The average Bonchev–Trinajstić information content (AvgIpc) is 3.00. The molecule has 1 saturated carbocycles. The van der Waals surface area contributed by atoms with E-state index in [2.05, 4.69) is 10.6 Å². The number of carbonyl (C=O) groups excluding carboxylic acids is 1. The molecule has 2 unspecified atom stereocenters. The molecule has 1 aliphatic heterocycles. The lowest BCUT2D eigenvalue weighted by molar-refractivity contribution is -0.183. The van der Waals surface area contributed by atoms with Crippen LogP contribution in [0.3, 0.4) is 0 Å². The van der Waals surface area contributed by atoms with Crippen LogP contribution in [0.1, 0.15) is 31.2 Å². The Morgan fingerprint density at radius 2 is 2.00 bits per heavy atom. The van der Waals surface area contributed by atoms with Crippen LogP contribution in [0.4, 0.5) is 18.0 Å². The Morgan fingerprint density at radius 3 is 2.79 bits per heavy atom. The Hall–Kier alpha value is -2.12. The molecular formula is C16H19F3N2O3. The van der Waals surface area contributed by atoms with Gasteiger partial charge in [-0.25, -0.2) is 4.79 Å². The van der Waals surface area contributed by atoms with Crippen molar-refractivity contribution in [2.45, 2.75) is 44.4 Å². The molecule has 0 bridgehead atoms. The summed E-state index contributed by atoms with van der Waals surface area (Å²) >= 11 is 0. The topological polar surface area (TPSA) is 59.6 Å². The molecule has 1 aromatic rings. The molecule has 2 amide bonds. The van der Waals surface area contributed by atoms with E-state index in [4.69, 9.17) is 9.47 Å². The molecule has 24 heavy (non-hydrogen) atoms. The predicted molar refractivity (Wildman–Crippen MR) is 79.7 cm³/mol. The van der Waals surface area contributed by atoms with Crippen LogP contribution >= 0.6 is 0 Å². The molecule has 2 atom stereocenters. The highest BCUT2D eigenvalue weighted by atomic mass is 19.4. The van der Waals surface area contributed by atoms with Crippen molar-refractivity contribution in [2.24, 2.45) is 5.92 Å². The summed E-state index contributed by atoms with van der Waals surface area (Å²) in [5.74, 6) is -0.0518. The normalized spacial score (nSPS) is 23.0. The summed E-state index contributed by atoms with van der Waals surface area (Å²) in [6.07, 6.45) is -3.06. The van der Waals surface area contributed by atoms with Gasteiger partial charge in [0.25, 0.3) is 0 Å². The molecule has 5 nitrogen and oxygen atoms in total. The number of amides is 2. The first kappa shape index (κ1) is 16.7. The van der Waals surface area contributed by atoms with Gasteiger partial charge in [-0.1, -0.05) is 12.5 Å². The van der Waals surface area contributed by atoms with Crippen molar-refractivity contribution < 1.29 is 27.4 Å². The van der Waals surface area contributed by atoms with Crippen LogP contribution in [-0.4, -0.2) is 25.0 Å². The maximum absolute atomic E-state index is 12.8. The summed E-state index contributed by atoms with van der Waals surface area (Å²) in [5, 5.41) is 5.30. The summed E-state index contributed by atoms with van der Waals surface area (Å²) in [7, 11) is 0. The van der Waals surface area contributed by atoms with Crippen LogP contribution in [0.15, 0.2) is 18.2 Å². The summed E-state index contributed by atoms with van der Waals surface area (Å²) in [5.41, 5.74) is 0.825. The number of carbonyl (C=O) groups is 1. The highest BCUT2D eigenvalue weighted by molar-refractivity contribution is 5.74. The zero-order chi connectivity index (χ0) is 17.2. The molecule has 1 aromatic carbocycles. The van der Waals surface area contributed by atoms with Gasteiger partial charge in [0.2, 0.25) is 6.79 Å². The average molecular weight is 344 g/mol. The minimum Gasteiger partial charge on any atom is -0.454 e. The molecule has 0 aromatic heterocycles. The van der Waals surface area contributed by atoms with E-state index >= 15 is 0 Å². The van der Waals surface area contributed by atoms with Crippen LogP contribution in [0.25, 0.3) is 0 Å². The molecule has 2 N–H and O–H groups in total. The van der Waals surface area contributed by atoms with Crippen molar-refractivity contribution in [3.05, 3.63) is 23.8 Å². The van der Waals surface area contributed by atoms with Gasteiger partial charge in [-0.05, 0) is 37.0 Å². The number of rotatable bonds is 3. The Morgan fingerprint density at radius 1 is 1.21 bits per heavy atom. The third kappa shape index (κ3) is 4.04. The maximum atomic E-state index is 12.8. The zero-order valence-corrected chi connectivity index (χ0v) is 13.0. The minimum absolute atomic E-state index is 0.0546. The van der Waals surface area contributed by atoms with Crippen molar-refractivity contribution in [3.8, 4) is 11.5 Å². The van der Waals surface area contributed by atoms with Crippen molar-refractivity contribution in [3.63, 3.8) is 0 Å². The summed E-state index contributed by atoms with van der Waals surface area (Å²) < 4.78 is 48.8. The van der Waals surface area contributed by atoms with Gasteiger partial charge in [0.15, 0.2) is 11.5 Å². The molecule has 3 rings (SSSR count). The number of halogens is 3. The highest BCUT2D eigenvalue weighted by Crippen LogP contribution is 2.37. The standard InChI is InChI=1S/C16H19F3N2O3/c17-16(18,19)11-2-1-3-12(7-11)21-15(22)20-8-10-4-5-13-14(6-10)24-9-23-13/h4-6,11-12H,1-3,7-9H2,(H2,20,21,22). The molecule has 2 aliphatic rings. The second kappa shape index (κ2) is 6.78. The lowest BCUT2D eigenvalue weighted by Crippen LogP contribution is -2.45. The predicted octanol–water partition coefficient (Wildman–Crippen LogP) is 3.34. The number of urea groups is 1. The molecule has 0 spiro atoms. The molecule has 1 fully saturated rings. The second-order valence-electron chi connectivity index (χ2n) is 6.12. The molecule has 132 valence electrons. The first-order valence-corrected chi connectivity index (χ1v) is 7.91. The van der Waals surface area contributed by atoms with Gasteiger partial charge in [0.1, 0.15) is 0 Å². The largest absolute Gasteiger partial charge is 0.454 e. The monoisotopic (exact) mass is 344 g/mol. The summed E-state index contributed by atoms with van der Waals surface area (Å²) in [4.78, 5) is 11.9. The molecular weight excluding hydrogens is 325 g/mol. The quantitative estimate of drug-likeness (QED) is 0.884. The lowest BCUT2D eigenvalue weighted by atomic mass is 9.85. The third-order valence-corrected chi connectivity index (χ3v) is 4.36. The number of nitrogens with one attached hydrogen (secondary N) is 2. The van der Waals surface area contributed by atoms with E-state index in [-0.39, 0.29) is 26.2 Å². The van der Waals surface area contributed by atoms with Gasteiger partial charge in [-0.2, -0.15) is 13.2 Å². The molecule has 0 radical (unpaired) electrons. The van der Waals surface area contributed by atoms with Gasteiger partial charge in [-0.3, -0.25) is 0 Å². The van der Waals surface area contributed by atoms with Crippen LogP contribution < -0.4 is 20.1 Å². The molecule has 1 aliphatic carbocycles. The molecule has 0 saturated heterocycles. The van der Waals surface area contributed by atoms with E-state index in [9.17, 15) is 18.0 Å². The van der Waals surface area contributed by atoms with Crippen LogP contribution in [0, 0.1) is 5.92 Å². The van der Waals surface area contributed by atoms with E-state index in [0.717, 1.165) is 5.56 Å². The van der Waals surface area contributed by atoms with Crippen LogP contribution in [-0.2, 0) is 6.54 Å². The van der Waals surface area contributed by atoms with Crippen molar-refractivity contribution >= 4 is 6.03 Å². The van der Waals surface area contributed by atoms with E-state index in [0.29, 0.717) is 24.3 Å². The van der Waals surface area contributed by atoms with Gasteiger partial charge >= 0.3 is 12.2 Å². The zero-order valence-electron chi connectivity index (χ0n) is 13.0. The van der Waals surface area contributed by atoms with Crippen LogP contribution in [0.5, 0.6) is 11.5 Å². The number of hydrogen-bond acceptors (Lipinski definition) is 3. The maximum Gasteiger partial charge on any atom is 0.391 e. The third-order valence-electron chi connectivity index (χ3n) is 4.36. The van der Waals surface area contributed by atoms with E-state index in [1.165, 1.54) is 0 Å². The molecule has 1 heterocycles. The lowest BCUT2D eigenvalue weighted by Gasteiger charge is -2.31. The van der Waals surface area contributed by atoms with Crippen molar-refractivity contribution in [2.75, 3.05) is 6.79 Å². The number of hydrogen-bond donors (Lipinski definition) is 2. The number of fused-ring (bicyclic) bond motifs is 1. The Kier molecular flexibility index (Phi) is 4.73. The van der Waals surface area contributed by atoms with Gasteiger partial charge in [0, 0.05) is 12.6 Å². The number of benzene rings is 1. The highest BCUT2D eigenvalue weighted by Gasteiger charge is 2.42. The second-order valence-corrected chi connectivity index (χ2v) is 6.12. The van der Waals surface area contributed by atoms with Crippen molar-refractivity contribution in [1.82, 2.24) is 10.6 Å². The number of alkyl halides is 3.